The molecule has 14 heavy (non-hydrogen) atoms. The summed E-state index contributed by atoms with van der Waals surface area (Å²) in [5, 5.41) is 9.90. The van der Waals surface area contributed by atoms with Crippen LogP contribution < -0.4 is 40.0 Å². The third-order valence-electron chi connectivity index (χ3n) is 1.44. The fourth-order valence-electron chi connectivity index (χ4n) is 0.900. The number of rotatable bonds is 2. The minimum atomic E-state index is -4.53. The first-order valence-electron chi connectivity index (χ1n) is 3.29. The molecule has 0 aliphatic carbocycles. The zero-order valence-corrected chi connectivity index (χ0v) is 10.3. The Morgan fingerprint density at radius 2 is 1.79 bits per heavy atom. The molecule has 0 unspecified atom stereocenters. The van der Waals surface area contributed by atoms with Gasteiger partial charge in [-0.1, -0.05) is 18.2 Å². The minimum absolute atomic E-state index is 0. The summed E-state index contributed by atoms with van der Waals surface area (Å²) >= 11 is 0. The van der Waals surface area contributed by atoms with Gasteiger partial charge in [0.25, 0.3) is 0 Å². The van der Waals surface area contributed by atoms with E-state index in [9.17, 15) is 14.5 Å². The summed E-state index contributed by atoms with van der Waals surface area (Å²) in [5.74, 6) is -1.60. The molecule has 7 heteroatoms. The van der Waals surface area contributed by atoms with E-state index in [1.54, 1.807) is 0 Å². The molecule has 0 heterocycles. The van der Waals surface area contributed by atoms with Crippen molar-refractivity contribution in [3.63, 3.8) is 0 Å². The molecule has 2 N–H and O–H groups in total. The molecule has 0 atom stereocenters. The van der Waals surface area contributed by atoms with Crippen molar-refractivity contribution in [1.29, 1.82) is 0 Å². The molecule has 0 bridgehead atoms. The van der Waals surface area contributed by atoms with Gasteiger partial charge in [-0.25, -0.2) is 0 Å². The normalized spacial score (nSPS) is 10.4. The molecule has 0 aliphatic rings. The number of carbonyl (C=O) groups is 1. The van der Waals surface area contributed by atoms with Crippen LogP contribution in [0.4, 0.5) is 0 Å². The summed E-state index contributed by atoms with van der Waals surface area (Å²) in [7, 11) is -4.53. The van der Waals surface area contributed by atoms with Gasteiger partial charge in [-0.3, -0.25) is 4.57 Å². The second kappa shape index (κ2) is 5.07. The molecule has 0 fully saturated rings. The maximum Gasteiger partial charge on any atom is 1.00 e. The Morgan fingerprint density at radius 1 is 1.29 bits per heavy atom. The molecule has 0 aromatic heterocycles. The molecule has 1 aromatic carbocycles. The molecule has 5 nitrogen and oxygen atoms in total. The number of benzene rings is 1. The maximum atomic E-state index is 10.8. The Hall–Kier alpha value is -0.160. The van der Waals surface area contributed by atoms with Gasteiger partial charge >= 0.3 is 37.2 Å². The van der Waals surface area contributed by atoms with Gasteiger partial charge in [0.05, 0.1) is 11.3 Å². The van der Waals surface area contributed by atoms with Crippen LogP contribution in [0.5, 0.6) is 0 Å². The van der Waals surface area contributed by atoms with Crippen LogP contribution in [0.25, 0.3) is 0 Å². The maximum absolute atomic E-state index is 10.8. The molecule has 0 spiro atoms. The SMILES string of the molecule is O=C([O-])c1ccccc1P(=O)(O)O.[Na+]. The standard InChI is InChI=1S/C7H7O5P.Na/c8-7(9)5-3-1-2-4-6(5)13(10,11)12;/h1-4H,(H,8,9)(H2,10,11,12);/q;+1/p-1. The number of carboxylic acids is 1. The minimum Gasteiger partial charge on any atom is -0.545 e. The van der Waals surface area contributed by atoms with E-state index in [0.717, 1.165) is 12.1 Å². The quantitative estimate of drug-likeness (QED) is 0.392. The van der Waals surface area contributed by atoms with E-state index >= 15 is 0 Å². The first-order chi connectivity index (χ1) is 5.93. The number of hydrogen-bond acceptors (Lipinski definition) is 3. The zero-order chi connectivity index (χ0) is 10.1. The Morgan fingerprint density at radius 3 is 2.14 bits per heavy atom. The predicted molar refractivity (Wildman–Crippen MR) is 42.5 cm³/mol. The molecular weight excluding hydrogens is 218 g/mol. The molecule has 0 saturated carbocycles. The van der Waals surface area contributed by atoms with Gasteiger partial charge in [-0.2, -0.15) is 0 Å². The van der Waals surface area contributed by atoms with Crippen LogP contribution in [-0.4, -0.2) is 15.8 Å². The average Bonchev–Trinajstić information content (AvgIpc) is 2.03. The van der Waals surface area contributed by atoms with Crippen LogP contribution >= 0.6 is 7.60 Å². The summed E-state index contributed by atoms with van der Waals surface area (Å²) < 4.78 is 10.8. The smallest absolute Gasteiger partial charge is 0.545 e. The molecular formula is C7H6NaO5P. The first-order valence-corrected chi connectivity index (χ1v) is 4.90. The molecule has 0 radical (unpaired) electrons. The number of carbonyl (C=O) groups excluding carboxylic acids is 1. The van der Waals surface area contributed by atoms with Gasteiger partial charge in [0.15, 0.2) is 0 Å². The third kappa shape index (κ3) is 3.20. The second-order valence-electron chi connectivity index (χ2n) is 2.35. The Balaban J connectivity index is 0.00000169. The summed E-state index contributed by atoms with van der Waals surface area (Å²) in [5.41, 5.74) is -0.476. The Labute approximate surface area is 102 Å². The van der Waals surface area contributed by atoms with Crippen LogP contribution in [-0.2, 0) is 4.57 Å². The molecule has 0 amide bonds. The third-order valence-corrected chi connectivity index (χ3v) is 2.46. The van der Waals surface area contributed by atoms with Crippen LogP contribution in [0, 0.1) is 0 Å². The molecule has 0 aliphatic heterocycles. The summed E-state index contributed by atoms with van der Waals surface area (Å²) in [6, 6.07) is 4.86. The van der Waals surface area contributed by atoms with Gasteiger partial charge in [0.1, 0.15) is 0 Å². The van der Waals surface area contributed by atoms with E-state index < -0.39 is 24.4 Å². The summed E-state index contributed by atoms with van der Waals surface area (Å²) in [4.78, 5) is 27.9. The number of aromatic carboxylic acids is 1. The van der Waals surface area contributed by atoms with Crippen molar-refractivity contribution in [2.75, 3.05) is 0 Å². The number of hydrogen-bond donors (Lipinski definition) is 2. The van der Waals surface area contributed by atoms with E-state index in [0.29, 0.717) is 0 Å². The molecule has 0 saturated heterocycles. The Bertz CT molecular complexity index is 385. The van der Waals surface area contributed by atoms with Crippen molar-refractivity contribution in [1.82, 2.24) is 0 Å². The average molecular weight is 224 g/mol. The molecule has 1 aromatic rings. The van der Waals surface area contributed by atoms with Crippen molar-refractivity contribution in [3.05, 3.63) is 29.8 Å². The number of carboxylic acid groups (broad SMARTS) is 1. The van der Waals surface area contributed by atoms with E-state index in [-0.39, 0.29) is 29.6 Å². The van der Waals surface area contributed by atoms with E-state index in [4.69, 9.17) is 9.79 Å². The largest absolute Gasteiger partial charge is 1.00 e. The van der Waals surface area contributed by atoms with E-state index in [1.165, 1.54) is 12.1 Å². The van der Waals surface area contributed by atoms with Gasteiger partial charge in [-0.05, 0) is 6.07 Å². The summed E-state index contributed by atoms with van der Waals surface area (Å²) in [6.45, 7) is 0. The molecule has 70 valence electrons. The molecule has 1 rings (SSSR count). The zero-order valence-electron chi connectivity index (χ0n) is 7.38. The van der Waals surface area contributed by atoms with Crippen molar-refractivity contribution >= 4 is 18.9 Å². The van der Waals surface area contributed by atoms with Gasteiger partial charge < -0.3 is 19.7 Å². The van der Waals surface area contributed by atoms with E-state index in [1.807, 2.05) is 0 Å². The fourth-order valence-corrected chi connectivity index (χ4v) is 1.66. The van der Waals surface area contributed by atoms with Crippen LogP contribution in [0.3, 0.4) is 0 Å². The first kappa shape index (κ1) is 13.8. The van der Waals surface area contributed by atoms with Crippen LogP contribution in [0.1, 0.15) is 10.4 Å². The van der Waals surface area contributed by atoms with Crippen LogP contribution in [0.2, 0.25) is 0 Å². The van der Waals surface area contributed by atoms with Gasteiger partial charge in [-0.15, -0.1) is 0 Å². The topological polar surface area (TPSA) is 97.7 Å². The Kier molecular flexibility index (Phi) is 5.01. The second-order valence-corrected chi connectivity index (χ2v) is 3.92. The van der Waals surface area contributed by atoms with E-state index in [2.05, 4.69) is 0 Å². The van der Waals surface area contributed by atoms with Crippen molar-refractivity contribution in [3.8, 4) is 0 Å². The van der Waals surface area contributed by atoms with Crippen molar-refractivity contribution in [2.24, 2.45) is 0 Å². The fraction of sp³-hybridized carbons (Fsp3) is 0. The van der Waals surface area contributed by atoms with Gasteiger partial charge in [0, 0.05) is 5.56 Å². The van der Waals surface area contributed by atoms with Crippen molar-refractivity contribution in [2.45, 2.75) is 0 Å². The predicted octanol–water partition coefficient (Wildman–Crippen LogP) is -4.14. The summed E-state index contributed by atoms with van der Waals surface area (Å²) in [6.07, 6.45) is 0. The van der Waals surface area contributed by atoms with Crippen molar-refractivity contribution < 1.29 is 53.8 Å². The van der Waals surface area contributed by atoms with Crippen LogP contribution in [0.15, 0.2) is 24.3 Å². The van der Waals surface area contributed by atoms with Gasteiger partial charge in [0.2, 0.25) is 0 Å². The monoisotopic (exact) mass is 224 g/mol.